The fourth-order valence-corrected chi connectivity index (χ4v) is 4.28. The molecule has 0 bridgehead atoms. The molecule has 0 atom stereocenters. The summed E-state index contributed by atoms with van der Waals surface area (Å²) in [7, 11) is 0. The third-order valence-electron chi connectivity index (χ3n) is 5.00. The van der Waals surface area contributed by atoms with E-state index in [4.69, 9.17) is 16.3 Å². The number of benzene rings is 3. The maximum Gasteiger partial charge on any atom is 0.293 e. The van der Waals surface area contributed by atoms with Crippen LogP contribution in [0.4, 0.5) is 14.9 Å². The van der Waals surface area contributed by atoms with Gasteiger partial charge >= 0.3 is 0 Å². The van der Waals surface area contributed by atoms with Gasteiger partial charge in [-0.25, -0.2) is 4.39 Å². The minimum Gasteiger partial charge on any atom is -0.488 e. The van der Waals surface area contributed by atoms with Crippen LogP contribution in [-0.4, -0.2) is 21.0 Å². The Morgan fingerprint density at radius 3 is 2.50 bits per heavy atom. The molecule has 4 rings (SSSR count). The molecule has 172 valence electrons. The number of hydrogen-bond donors (Lipinski definition) is 0. The molecule has 1 aliphatic heterocycles. The number of hydrogen-bond acceptors (Lipinski definition) is 6. The molecule has 0 saturated carbocycles. The number of amides is 2. The van der Waals surface area contributed by atoms with Crippen molar-refractivity contribution in [2.45, 2.75) is 13.2 Å². The second-order valence-corrected chi connectivity index (χ2v) is 8.62. The van der Waals surface area contributed by atoms with Gasteiger partial charge in [0.2, 0.25) is 0 Å². The van der Waals surface area contributed by atoms with Gasteiger partial charge in [-0.05, 0) is 41.6 Å². The van der Waals surface area contributed by atoms with Crippen molar-refractivity contribution in [2.24, 2.45) is 0 Å². The Morgan fingerprint density at radius 1 is 1.06 bits per heavy atom. The van der Waals surface area contributed by atoms with Crippen molar-refractivity contribution in [2.75, 3.05) is 0 Å². The summed E-state index contributed by atoms with van der Waals surface area (Å²) in [6.45, 7) is -0.123. The molecule has 2 amide bonds. The zero-order valence-electron chi connectivity index (χ0n) is 17.4. The average Bonchev–Trinajstić information content (AvgIpc) is 3.07. The number of carbonyl (C=O) groups is 2. The number of carbonyl (C=O) groups excluding carboxylic acids is 2. The second-order valence-electron chi connectivity index (χ2n) is 7.22. The third-order valence-corrected chi connectivity index (χ3v) is 6.26. The molecule has 0 N–H and O–H groups in total. The summed E-state index contributed by atoms with van der Waals surface area (Å²) in [5.41, 5.74) is 1.25. The highest BCUT2D eigenvalue weighted by Crippen LogP contribution is 2.35. The number of halogens is 2. The zero-order valence-corrected chi connectivity index (χ0v) is 19.0. The highest BCUT2D eigenvalue weighted by Gasteiger charge is 2.35. The van der Waals surface area contributed by atoms with E-state index in [9.17, 15) is 24.1 Å². The summed E-state index contributed by atoms with van der Waals surface area (Å²) >= 11 is 6.84. The van der Waals surface area contributed by atoms with Crippen molar-refractivity contribution in [3.05, 3.63) is 109 Å². The van der Waals surface area contributed by atoms with Crippen LogP contribution in [0.2, 0.25) is 5.02 Å². The van der Waals surface area contributed by atoms with Crippen LogP contribution >= 0.6 is 23.4 Å². The molecule has 3 aromatic rings. The number of nitro benzene ring substituents is 1. The second kappa shape index (κ2) is 10.1. The standard InChI is InChI=1S/C24H16ClFN2O5S/c25-19-5-3-6-20(26)18(19)14-33-21-7-2-1-4-16(21)12-22-23(29)27(24(30)34-22)13-15-8-10-17(11-9-15)28(31)32/h1-12H,13-14H2/b22-12-. The molecular weight excluding hydrogens is 483 g/mol. The van der Waals surface area contributed by atoms with Crippen LogP contribution in [0.5, 0.6) is 5.75 Å². The number of ether oxygens (including phenoxy) is 1. The summed E-state index contributed by atoms with van der Waals surface area (Å²) in [5, 5.41) is 10.6. The smallest absolute Gasteiger partial charge is 0.293 e. The van der Waals surface area contributed by atoms with Crippen molar-refractivity contribution in [1.29, 1.82) is 0 Å². The van der Waals surface area contributed by atoms with Crippen LogP contribution in [-0.2, 0) is 17.9 Å². The van der Waals surface area contributed by atoms with Gasteiger partial charge in [0, 0.05) is 23.3 Å². The van der Waals surface area contributed by atoms with Crippen molar-refractivity contribution in [3.63, 3.8) is 0 Å². The Bertz CT molecular complexity index is 1290. The van der Waals surface area contributed by atoms with Gasteiger partial charge in [-0.1, -0.05) is 48.0 Å². The van der Waals surface area contributed by atoms with E-state index in [0.717, 1.165) is 16.7 Å². The Labute approximate surface area is 202 Å². The van der Waals surface area contributed by atoms with Crippen LogP contribution in [0.1, 0.15) is 16.7 Å². The largest absolute Gasteiger partial charge is 0.488 e. The quantitative estimate of drug-likeness (QED) is 0.219. The van der Waals surface area contributed by atoms with Crippen molar-refractivity contribution in [1.82, 2.24) is 4.90 Å². The van der Waals surface area contributed by atoms with E-state index in [2.05, 4.69) is 0 Å². The summed E-state index contributed by atoms with van der Waals surface area (Å²) in [6, 6.07) is 16.9. The first-order valence-corrected chi connectivity index (χ1v) is 11.2. The van der Waals surface area contributed by atoms with Gasteiger partial charge in [0.05, 0.1) is 21.4 Å². The lowest BCUT2D eigenvalue weighted by Gasteiger charge is -2.12. The van der Waals surface area contributed by atoms with Crippen LogP contribution in [0.25, 0.3) is 6.08 Å². The van der Waals surface area contributed by atoms with Crippen molar-refractivity contribution >= 4 is 46.3 Å². The number of imide groups is 1. The van der Waals surface area contributed by atoms with Crippen LogP contribution in [0, 0.1) is 15.9 Å². The Kier molecular flexibility index (Phi) is 6.95. The number of non-ortho nitro benzene ring substituents is 1. The maximum absolute atomic E-state index is 14.1. The Morgan fingerprint density at radius 2 is 1.79 bits per heavy atom. The van der Waals surface area contributed by atoms with Gasteiger partial charge in [-0.15, -0.1) is 0 Å². The number of nitrogens with zero attached hydrogens (tertiary/aromatic N) is 2. The van der Waals surface area contributed by atoms with E-state index >= 15 is 0 Å². The highest BCUT2D eigenvalue weighted by molar-refractivity contribution is 8.18. The molecule has 10 heteroatoms. The molecule has 3 aromatic carbocycles. The molecule has 1 fully saturated rings. The first-order chi connectivity index (χ1) is 16.3. The highest BCUT2D eigenvalue weighted by atomic mass is 35.5. The van der Waals surface area contributed by atoms with Crippen LogP contribution in [0.3, 0.4) is 0 Å². The molecular formula is C24H16ClFN2O5S. The third kappa shape index (κ3) is 5.11. The molecule has 0 aromatic heterocycles. The van der Waals surface area contributed by atoms with E-state index in [-0.39, 0.29) is 34.3 Å². The molecule has 1 aliphatic rings. The predicted octanol–water partition coefficient (Wildman–Crippen LogP) is 6.20. The zero-order chi connectivity index (χ0) is 24.2. The van der Waals surface area contributed by atoms with Gasteiger partial charge in [0.25, 0.3) is 16.8 Å². The van der Waals surface area contributed by atoms with Gasteiger partial charge < -0.3 is 4.74 Å². The molecule has 34 heavy (non-hydrogen) atoms. The first kappa shape index (κ1) is 23.5. The molecule has 0 radical (unpaired) electrons. The van der Waals surface area contributed by atoms with Crippen molar-refractivity contribution in [3.8, 4) is 5.75 Å². The van der Waals surface area contributed by atoms with Crippen molar-refractivity contribution < 1.29 is 23.6 Å². The molecule has 0 spiro atoms. The fourth-order valence-electron chi connectivity index (χ4n) is 3.23. The molecule has 1 saturated heterocycles. The van der Waals surface area contributed by atoms with E-state index in [0.29, 0.717) is 16.9 Å². The van der Waals surface area contributed by atoms with E-state index in [1.807, 2.05) is 0 Å². The monoisotopic (exact) mass is 498 g/mol. The predicted molar refractivity (Wildman–Crippen MR) is 127 cm³/mol. The normalized spacial score (nSPS) is 14.6. The topological polar surface area (TPSA) is 89.8 Å². The maximum atomic E-state index is 14.1. The summed E-state index contributed by atoms with van der Waals surface area (Å²) in [4.78, 5) is 36.9. The van der Waals surface area contributed by atoms with E-state index in [1.165, 1.54) is 36.4 Å². The van der Waals surface area contributed by atoms with Gasteiger partial charge in [-0.2, -0.15) is 0 Å². The summed E-state index contributed by atoms with van der Waals surface area (Å²) < 4.78 is 19.8. The Balaban J connectivity index is 1.51. The molecule has 0 aliphatic carbocycles. The van der Waals surface area contributed by atoms with Crippen LogP contribution in [0.15, 0.2) is 71.6 Å². The molecule has 0 unspecified atom stereocenters. The van der Waals surface area contributed by atoms with Gasteiger partial charge in [-0.3, -0.25) is 24.6 Å². The van der Waals surface area contributed by atoms with E-state index in [1.54, 1.807) is 36.4 Å². The lowest BCUT2D eigenvalue weighted by Crippen LogP contribution is -2.27. The summed E-state index contributed by atoms with van der Waals surface area (Å²) in [5.74, 6) is -0.582. The summed E-state index contributed by atoms with van der Waals surface area (Å²) in [6.07, 6.45) is 1.54. The SMILES string of the molecule is O=C1S/C(=C\c2ccccc2OCc2c(F)cccc2Cl)C(=O)N1Cc1ccc([N+](=O)[O-])cc1. The molecule has 7 nitrogen and oxygen atoms in total. The number of rotatable bonds is 7. The first-order valence-electron chi connectivity index (χ1n) is 9.97. The number of thioether (sulfide) groups is 1. The number of para-hydroxylation sites is 1. The van der Waals surface area contributed by atoms with Gasteiger partial charge in [0.15, 0.2) is 0 Å². The average molecular weight is 499 g/mol. The Hall–Kier alpha value is -3.69. The van der Waals surface area contributed by atoms with Crippen LogP contribution < -0.4 is 4.74 Å². The van der Waals surface area contributed by atoms with Gasteiger partial charge in [0.1, 0.15) is 18.2 Å². The minimum absolute atomic E-state index is 0.00999. The van der Waals surface area contributed by atoms with E-state index < -0.39 is 21.9 Å². The lowest BCUT2D eigenvalue weighted by molar-refractivity contribution is -0.384. The number of nitro groups is 1. The molecule has 1 heterocycles. The fraction of sp³-hybridized carbons (Fsp3) is 0.0833. The lowest BCUT2D eigenvalue weighted by atomic mass is 10.1. The minimum atomic E-state index is -0.522.